The Hall–Kier alpha value is -3.48. The van der Waals surface area contributed by atoms with Gasteiger partial charge in [-0.2, -0.15) is 5.26 Å². The lowest BCUT2D eigenvalue weighted by Crippen LogP contribution is -2.28. The van der Waals surface area contributed by atoms with E-state index in [-0.39, 0.29) is 22.6 Å². The number of aromatic carboxylic acids is 1. The topological polar surface area (TPSA) is 124 Å². The summed E-state index contributed by atoms with van der Waals surface area (Å²) < 4.78 is 5.54. The van der Waals surface area contributed by atoms with Crippen LogP contribution < -0.4 is 10.2 Å². The van der Waals surface area contributed by atoms with Gasteiger partial charge >= 0.3 is 5.97 Å². The van der Waals surface area contributed by atoms with E-state index in [1.807, 2.05) is 30.9 Å². The van der Waals surface area contributed by atoms with E-state index in [0.29, 0.717) is 42.3 Å². The molecule has 1 saturated heterocycles. The number of aryl methyl sites for hydroxylation is 1. The molecule has 2 N–H and O–H groups in total. The molecule has 1 fully saturated rings. The summed E-state index contributed by atoms with van der Waals surface area (Å²) in [6.07, 6.45) is 0.838. The van der Waals surface area contributed by atoms with Gasteiger partial charge in [0.15, 0.2) is 17.2 Å². The zero-order chi connectivity index (χ0) is 23.5. The standard InChI is InChI=1S/C23H23ClN6O3/c1-13-10-15(14(2)26-16-4-5-19(24)28-21(16)23(31)32)20-17(11-13)27-18(12-25)22(29-20)30-6-3-8-33-9-7-30/h4-5,10-11,14,26H,3,6-9H2,1-2H3,(H,31,32)/t14-/m1/s1. The summed E-state index contributed by atoms with van der Waals surface area (Å²) in [5.74, 6) is -0.641. The molecule has 10 heteroatoms. The summed E-state index contributed by atoms with van der Waals surface area (Å²) in [5.41, 5.74) is 3.51. The van der Waals surface area contributed by atoms with Gasteiger partial charge in [0.05, 0.1) is 29.4 Å². The first-order valence-electron chi connectivity index (χ1n) is 10.6. The van der Waals surface area contributed by atoms with Crippen LogP contribution in [0.15, 0.2) is 24.3 Å². The van der Waals surface area contributed by atoms with Crippen molar-refractivity contribution >= 4 is 40.1 Å². The van der Waals surface area contributed by atoms with E-state index in [1.165, 1.54) is 6.07 Å². The van der Waals surface area contributed by atoms with Gasteiger partial charge in [-0.25, -0.2) is 19.7 Å². The maximum Gasteiger partial charge on any atom is 0.356 e. The highest BCUT2D eigenvalue weighted by Crippen LogP contribution is 2.30. The van der Waals surface area contributed by atoms with Crippen LogP contribution in [-0.2, 0) is 4.74 Å². The monoisotopic (exact) mass is 466 g/mol. The van der Waals surface area contributed by atoms with Crippen LogP contribution in [-0.4, -0.2) is 52.3 Å². The summed E-state index contributed by atoms with van der Waals surface area (Å²) in [5, 5.41) is 22.6. The molecule has 1 atom stereocenters. The lowest BCUT2D eigenvalue weighted by Gasteiger charge is -2.23. The molecule has 0 radical (unpaired) electrons. The molecule has 1 aromatic carbocycles. The Kier molecular flexibility index (Phi) is 6.58. The molecule has 170 valence electrons. The summed E-state index contributed by atoms with van der Waals surface area (Å²) in [4.78, 5) is 27.1. The number of nitrogens with zero attached hydrogens (tertiary/aromatic N) is 5. The number of anilines is 2. The number of carbonyl (C=O) groups is 1. The van der Waals surface area contributed by atoms with E-state index >= 15 is 0 Å². The number of carboxylic acid groups (broad SMARTS) is 1. The van der Waals surface area contributed by atoms with Crippen LogP contribution in [0.2, 0.25) is 5.15 Å². The first-order valence-corrected chi connectivity index (χ1v) is 11.0. The Bertz CT molecular complexity index is 1250. The minimum absolute atomic E-state index is 0.104. The molecule has 0 spiro atoms. The molecule has 0 saturated carbocycles. The van der Waals surface area contributed by atoms with E-state index < -0.39 is 5.97 Å². The number of benzene rings is 1. The summed E-state index contributed by atoms with van der Waals surface area (Å²) in [6, 6.07) is 8.86. The number of fused-ring (bicyclic) bond motifs is 1. The SMILES string of the molecule is Cc1cc([C@@H](C)Nc2ccc(Cl)nc2C(=O)O)c2nc(N3CCCOCC3)c(C#N)nc2c1. The Morgan fingerprint density at radius 3 is 2.85 bits per heavy atom. The second-order valence-electron chi connectivity index (χ2n) is 7.88. The lowest BCUT2D eigenvalue weighted by molar-refractivity contribution is 0.0691. The molecular weight excluding hydrogens is 444 g/mol. The number of nitriles is 1. The molecule has 9 nitrogen and oxygen atoms in total. The highest BCUT2D eigenvalue weighted by Gasteiger charge is 2.22. The predicted octanol–water partition coefficient (Wildman–Crippen LogP) is 3.96. The van der Waals surface area contributed by atoms with Crippen molar-refractivity contribution in [2.24, 2.45) is 0 Å². The van der Waals surface area contributed by atoms with E-state index in [0.717, 1.165) is 24.1 Å². The first-order chi connectivity index (χ1) is 15.9. The second kappa shape index (κ2) is 9.57. The number of aromatic nitrogens is 3. The number of carboxylic acids is 1. The fourth-order valence-corrected chi connectivity index (χ4v) is 4.08. The molecule has 1 aliphatic rings. The summed E-state index contributed by atoms with van der Waals surface area (Å²) in [6.45, 7) is 6.44. The van der Waals surface area contributed by atoms with Gasteiger partial charge in [-0.15, -0.1) is 0 Å². The van der Waals surface area contributed by atoms with Gasteiger partial charge < -0.3 is 20.1 Å². The molecule has 0 aliphatic carbocycles. The smallest absolute Gasteiger partial charge is 0.356 e. The van der Waals surface area contributed by atoms with Crippen LogP contribution in [0.25, 0.3) is 11.0 Å². The molecule has 0 unspecified atom stereocenters. The molecular formula is C23H23ClN6O3. The maximum atomic E-state index is 11.6. The van der Waals surface area contributed by atoms with Crippen molar-refractivity contribution in [3.05, 3.63) is 51.9 Å². The fraction of sp³-hybridized carbons (Fsp3) is 0.348. The van der Waals surface area contributed by atoms with Crippen LogP contribution in [0, 0.1) is 18.3 Å². The van der Waals surface area contributed by atoms with Crippen molar-refractivity contribution in [1.82, 2.24) is 15.0 Å². The van der Waals surface area contributed by atoms with Crippen LogP contribution in [0.5, 0.6) is 0 Å². The number of hydrogen-bond donors (Lipinski definition) is 2. The van der Waals surface area contributed by atoms with Crippen molar-refractivity contribution in [3.8, 4) is 6.07 Å². The van der Waals surface area contributed by atoms with E-state index in [2.05, 4.69) is 21.4 Å². The Morgan fingerprint density at radius 2 is 2.09 bits per heavy atom. The van der Waals surface area contributed by atoms with Gasteiger partial charge in [-0.1, -0.05) is 17.7 Å². The predicted molar refractivity (Wildman–Crippen MR) is 125 cm³/mol. The summed E-state index contributed by atoms with van der Waals surface area (Å²) >= 11 is 5.88. The van der Waals surface area contributed by atoms with E-state index in [9.17, 15) is 15.2 Å². The van der Waals surface area contributed by atoms with Crippen LogP contribution in [0.4, 0.5) is 11.5 Å². The molecule has 0 bridgehead atoms. The van der Waals surface area contributed by atoms with Crippen molar-refractivity contribution in [2.45, 2.75) is 26.3 Å². The third-order valence-corrected chi connectivity index (χ3v) is 5.67. The van der Waals surface area contributed by atoms with Crippen molar-refractivity contribution in [1.29, 1.82) is 5.26 Å². The summed E-state index contributed by atoms with van der Waals surface area (Å²) in [7, 11) is 0. The Labute approximate surface area is 196 Å². The maximum absolute atomic E-state index is 11.6. The van der Waals surface area contributed by atoms with Gasteiger partial charge in [-0.05, 0) is 44.0 Å². The molecule has 4 rings (SSSR count). The first kappa shape index (κ1) is 22.7. The quantitative estimate of drug-likeness (QED) is 0.537. The number of rotatable bonds is 5. The van der Waals surface area contributed by atoms with Crippen molar-refractivity contribution < 1.29 is 14.6 Å². The highest BCUT2D eigenvalue weighted by atomic mass is 35.5. The van der Waals surface area contributed by atoms with E-state index in [1.54, 1.807) is 6.07 Å². The van der Waals surface area contributed by atoms with Crippen LogP contribution >= 0.6 is 11.6 Å². The third kappa shape index (κ3) is 4.82. The van der Waals surface area contributed by atoms with E-state index in [4.69, 9.17) is 21.3 Å². The van der Waals surface area contributed by atoms with Crippen LogP contribution in [0.1, 0.15) is 46.7 Å². The van der Waals surface area contributed by atoms with Gasteiger partial charge in [0, 0.05) is 25.3 Å². The third-order valence-electron chi connectivity index (χ3n) is 5.46. The average molecular weight is 467 g/mol. The van der Waals surface area contributed by atoms with Gasteiger partial charge in [0.2, 0.25) is 0 Å². The molecule has 2 aromatic heterocycles. The number of pyridine rings is 1. The number of ether oxygens (including phenoxy) is 1. The minimum Gasteiger partial charge on any atom is -0.476 e. The molecule has 33 heavy (non-hydrogen) atoms. The average Bonchev–Trinajstić information content (AvgIpc) is 3.08. The number of nitrogens with one attached hydrogen (secondary N) is 1. The molecule has 0 amide bonds. The molecule has 3 aromatic rings. The van der Waals surface area contributed by atoms with Crippen molar-refractivity contribution in [3.63, 3.8) is 0 Å². The van der Waals surface area contributed by atoms with Gasteiger partial charge in [-0.3, -0.25) is 0 Å². The fourth-order valence-electron chi connectivity index (χ4n) is 3.93. The van der Waals surface area contributed by atoms with Gasteiger partial charge in [0.25, 0.3) is 0 Å². The zero-order valence-corrected chi connectivity index (χ0v) is 19.1. The minimum atomic E-state index is -1.18. The highest BCUT2D eigenvalue weighted by molar-refractivity contribution is 6.29. The Balaban J connectivity index is 1.79. The van der Waals surface area contributed by atoms with Gasteiger partial charge in [0.1, 0.15) is 11.2 Å². The lowest BCUT2D eigenvalue weighted by atomic mass is 10.0. The molecule has 1 aliphatic heterocycles. The zero-order valence-electron chi connectivity index (χ0n) is 18.3. The normalized spacial score (nSPS) is 15.0. The largest absolute Gasteiger partial charge is 0.476 e. The van der Waals surface area contributed by atoms with Crippen LogP contribution in [0.3, 0.4) is 0 Å². The van der Waals surface area contributed by atoms with Crippen molar-refractivity contribution in [2.75, 3.05) is 36.5 Å². The number of hydrogen-bond acceptors (Lipinski definition) is 8. The number of halogens is 1. The second-order valence-corrected chi connectivity index (χ2v) is 8.27. The Morgan fingerprint density at radius 1 is 1.27 bits per heavy atom. The molecule has 3 heterocycles.